The molecule has 38 heavy (non-hydrogen) atoms. The van der Waals surface area contributed by atoms with Crippen LogP contribution in [0.2, 0.25) is 0 Å². The molecule has 0 bridgehead atoms. The Hall–Kier alpha value is -4.69. The highest BCUT2D eigenvalue weighted by Crippen LogP contribution is 2.12. The number of nitrogens with two attached hydrogens (primary N) is 3. The normalized spacial score (nSPS) is 10.1. The molecule has 0 spiro atoms. The van der Waals surface area contributed by atoms with Gasteiger partial charge in [-0.25, -0.2) is 17.5 Å². The summed E-state index contributed by atoms with van der Waals surface area (Å²) in [7, 11) is 0. The first-order valence-electron chi connectivity index (χ1n) is 10.2. The van der Waals surface area contributed by atoms with Crippen LogP contribution in [-0.4, -0.2) is 111 Å². The Bertz CT molecular complexity index is 982. The number of carboxylic acids is 4. The third-order valence-electron chi connectivity index (χ3n) is 4.33. The molecule has 0 aliphatic carbocycles. The van der Waals surface area contributed by atoms with E-state index in [1.165, 1.54) is 18.2 Å². The Balaban J connectivity index is 0.000000724. The summed E-state index contributed by atoms with van der Waals surface area (Å²) in [6.07, 6.45) is 0. The first kappa shape index (κ1) is 33.3. The van der Waals surface area contributed by atoms with Crippen molar-refractivity contribution in [3.63, 3.8) is 0 Å². The lowest BCUT2D eigenvalue weighted by Gasteiger charge is -2.23. The van der Waals surface area contributed by atoms with Crippen LogP contribution >= 0.6 is 0 Å². The molecule has 0 aliphatic rings. The summed E-state index contributed by atoms with van der Waals surface area (Å²) in [5.41, 5.74) is 5.63. The van der Waals surface area contributed by atoms with Crippen LogP contribution in [0.4, 0.5) is 0 Å². The number of hydrogen-bond acceptors (Lipinski definition) is 12. The van der Waals surface area contributed by atoms with Crippen molar-refractivity contribution in [3.8, 4) is 0 Å². The first-order chi connectivity index (χ1) is 17.7. The van der Waals surface area contributed by atoms with Crippen molar-refractivity contribution in [3.05, 3.63) is 34.9 Å². The summed E-state index contributed by atoms with van der Waals surface area (Å²) < 4.78 is 0. The monoisotopic (exact) mass is 544 g/mol. The van der Waals surface area contributed by atoms with Gasteiger partial charge in [0.25, 0.3) is 17.7 Å². The maximum absolute atomic E-state index is 11.5. The molecule has 210 valence electrons. The largest absolute Gasteiger partial charge is 0.480 e. The van der Waals surface area contributed by atoms with Gasteiger partial charge in [0, 0.05) is 18.7 Å². The molecule has 0 unspecified atom stereocenters. The maximum Gasteiger partial charge on any atom is 0.317 e. The zero-order valence-corrected chi connectivity index (χ0v) is 19.7. The van der Waals surface area contributed by atoms with Gasteiger partial charge in [-0.3, -0.25) is 59.6 Å². The van der Waals surface area contributed by atoms with Gasteiger partial charge in [0.1, 0.15) is 0 Å². The number of carbonyl (C=O) groups excluding carboxylic acids is 3. The summed E-state index contributed by atoms with van der Waals surface area (Å²) in [5, 5.41) is 34.5. The molecule has 0 aromatic heterocycles. The molecular weight excluding hydrogens is 516 g/mol. The Morgan fingerprint density at radius 3 is 1.24 bits per heavy atom. The average Bonchev–Trinajstić information content (AvgIpc) is 2.84. The molecule has 19 nitrogen and oxygen atoms in total. The quantitative estimate of drug-likeness (QED) is 0.0598. The maximum atomic E-state index is 11.5. The number of aliphatic carboxylic acids is 4. The second-order valence-corrected chi connectivity index (χ2v) is 7.18. The topological polar surface area (TPSA) is 321 Å². The van der Waals surface area contributed by atoms with Gasteiger partial charge < -0.3 is 20.4 Å². The van der Waals surface area contributed by atoms with Crippen molar-refractivity contribution >= 4 is 41.6 Å². The molecule has 1 rings (SSSR count). The van der Waals surface area contributed by atoms with Crippen LogP contribution in [0, 0.1) is 0 Å². The number of carboxylic acid groups (broad SMARTS) is 4. The molecule has 0 aliphatic heterocycles. The summed E-state index contributed by atoms with van der Waals surface area (Å²) in [6, 6.07) is 3.76. The first-order valence-corrected chi connectivity index (χ1v) is 10.2. The van der Waals surface area contributed by atoms with E-state index in [2.05, 4.69) is 0 Å². The highest BCUT2D eigenvalue weighted by molar-refractivity contribution is 6.08. The van der Waals surface area contributed by atoms with Crippen molar-refractivity contribution in [1.82, 2.24) is 26.1 Å². The molecule has 0 atom stereocenters. The number of rotatable bonds is 14. The van der Waals surface area contributed by atoms with E-state index in [0.717, 1.165) is 9.80 Å². The van der Waals surface area contributed by atoms with E-state index in [1.54, 1.807) is 0 Å². The van der Waals surface area contributed by atoms with Crippen LogP contribution < -0.4 is 33.8 Å². The summed E-state index contributed by atoms with van der Waals surface area (Å²) in [5.74, 6) is 7.98. The fourth-order valence-electron chi connectivity index (χ4n) is 2.79. The highest BCUT2D eigenvalue weighted by atomic mass is 16.4. The Labute approximate surface area is 214 Å². The zero-order valence-electron chi connectivity index (χ0n) is 19.7. The molecule has 1 aromatic carbocycles. The van der Waals surface area contributed by atoms with Crippen molar-refractivity contribution in [2.75, 3.05) is 39.3 Å². The van der Waals surface area contributed by atoms with Gasteiger partial charge in [0.05, 0.1) is 37.3 Å². The SMILES string of the molecule is NNC(=O)c1ccc(C(=O)NN)c(C(=O)NN)c1.O=C(O)CN(CCN(CC(=O)O)CC(=O)O)CC(=O)O. The smallest absolute Gasteiger partial charge is 0.317 e. The van der Waals surface area contributed by atoms with Crippen LogP contribution in [0.3, 0.4) is 0 Å². The van der Waals surface area contributed by atoms with E-state index in [1.807, 2.05) is 16.3 Å². The van der Waals surface area contributed by atoms with Gasteiger partial charge in [-0.15, -0.1) is 0 Å². The summed E-state index contributed by atoms with van der Waals surface area (Å²) in [6.45, 7) is -2.25. The minimum atomic E-state index is -1.23. The van der Waals surface area contributed by atoms with Crippen LogP contribution in [0.5, 0.6) is 0 Å². The van der Waals surface area contributed by atoms with Crippen LogP contribution in [0.15, 0.2) is 18.2 Å². The van der Waals surface area contributed by atoms with Crippen molar-refractivity contribution in [2.45, 2.75) is 0 Å². The summed E-state index contributed by atoms with van der Waals surface area (Å²) >= 11 is 0. The van der Waals surface area contributed by atoms with Gasteiger partial charge in [-0.05, 0) is 18.2 Å². The molecule has 0 heterocycles. The van der Waals surface area contributed by atoms with Crippen LogP contribution in [-0.2, 0) is 19.2 Å². The van der Waals surface area contributed by atoms with E-state index in [4.69, 9.17) is 38.0 Å². The molecule has 13 N–H and O–H groups in total. The molecule has 3 amide bonds. The Kier molecular flexibility index (Phi) is 14.8. The molecule has 0 saturated heterocycles. The van der Waals surface area contributed by atoms with E-state index >= 15 is 0 Å². The molecule has 0 fully saturated rings. The summed E-state index contributed by atoms with van der Waals surface area (Å²) in [4.78, 5) is 78.6. The van der Waals surface area contributed by atoms with Crippen molar-refractivity contribution < 1.29 is 54.0 Å². The van der Waals surface area contributed by atoms with Gasteiger partial charge in [-0.2, -0.15) is 0 Å². The van der Waals surface area contributed by atoms with Crippen LogP contribution in [0.25, 0.3) is 0 Å². The number of hydrogen-bond donors (Lipinski definition) is 10. The minimum absolute atomic E-state index is 0.0194. The standard InChI is InChI=1S/C10H16N2O8.C9H12N6O3/c13-7(14)3-11(4-8(15)16)1-2-12(5-9(17)18)6-10(19)20;10-13-7(16)4-1-2-5(8(17)14-11)6(3-4)9(18)15-12/h1-6H2,(H,13,14)(H,15,16)(H,17,18)(H,19,20);1-3H,10-12H2,(H,13,16)(H,14,17)(H,15,18). The van der Waals surface area contributed by atoms with Gasteiger partial charge in [0.2, 0.25) is 0 Å². The number of amides is 3. The van der Waals surface area contributed by atoms with Crippen LogP contribution in [0.1, 0.15) is 31.1 Å². The molecule has 0 saturated carbocycles. The number of nitrogens with one attached hydrogen (secondary N) is 3. The predicted molar refractivity (Wildman–Crippen MR) is 125 cm³/mol. The van der Waals surface area contributed by atoms with Crippen molar-refractivity contribution in [1.29, 1.82) is 0 Å². The number of benzene rings is 1. The lowest BCUT2D eigenvalue weighted by Crippen LogP contribution is -2.43. The molecular formula is C19H28N8O11. The van der Waals surface area contributed by atoms with Gasteiger partial charge in [0.15, 0.2) is 0 Å². The van der Waals surface area contributed by atoms with E-state index in [0.29, 0.717) is 0 Å². The van der Waals surface area contributed by atoms with Crippen molar-refractivity contribution in [2.24, 2.45) is 17.5 Å². The second-order valence-electron chi connectivity index (χ2n) is 7.18. The lowest BCUT2D eigenvalue weighted by molar-refractivity contribution is -0.145. The average molecular weight is 544 g/mol. The second kappa shape index (κ2) is 16.9. The third kappa shape index (κ3) is 12.9. The fraction of sp³-hybridized carbons (Fsp3) is 0.316. The predicted octanol–water partition coefficient (Wildman–Crippen LogP) is -4.57. The lowest BCUT2D eigenvalue weighted by atomic mass is 10.0. The third-order valence-corrected chi connectivity index (χ3v) is 4.33. The van der Waals surface area contributed by atoms with E-state index in [-0.39, 0.29) is 29.8 Å². The fourth-order valence-corrected chi connectivity index (χ4v) is 2.79. The highest BCUT2D eigenvalue weighted by Gasteiger charge is 2.19. The Morgan fingerprint density at radius 1 is 0.579 bits per heavy atom. The van der Waals surface area contributed by atoms with E-state index < -0.39 is 67.8 Å². The number of carbonyl (C=O) groups is 7. The number of nitrogen functional groups attached to an aromatic ring is 3. The molecule has 19 heteroatoms. The van der Waals surface area contributed by atoms with Gasteiger partial charge >= 0.3 is 23.9 Å². The Morgan fingerprint density at radius 2 is 0.921 bits per heavy atom. The minimum Gasteiger partial charge on any atom is -0.480 e. The van der Waals surface area contributed by atoms with E-state index in [9.17, 15) is 33.6 Å². The number of hydrazine groups is 3. The number of nitrogens with zero attached hydrogens (tertiary/aromatic N) is 2. The molecule has 1 aromatic rings. The molecule has 0 radical (unpaired) electrons. The zero-order chi connectivity index (χ0) is 29.4. The van der Waals surface area contributed by atoms with Gasteiger partial charge in [-0.1, -0.05) is 0 Å².